The molecule has 0 saturated carbocycles. The molecule has 2 aromatic carbocycles. The first kappa shape index (κ1) is 20.4. The highest BCUT2D eigenvalue weighted by molar-refractivity contribution is 5.98. The van der Waals surface area contributed by atoms with Crippen molar-refractivity contribution in [1.82, 2.24) is 10.2 Å². The van der Waals surface area contributed by atoms with Crippen LogP contribution in [0, 0.1) is 0 Å². The Morgan fingerprint density at radius 3 is 2.24 bits per heavy atom. The summed E-state index contributed by atoms with van der Waals surface area (Å²) >= 11 is 0. The lowest BCUT2D eigenvalue weighted by Gasteiger charge is -2.23. The van der Waals surface area contributed by atoms with E-state index in [1.54, 1.807) is 29.2 Å². The first-order valence-electron chi connectivity index (χ1n) is 9.79. The highest BCUT2D eigenvalue weighted by atomic mass is 16.2. The number of hydrogen-bond acceptors (Lipinski definition) is 3. The van der Waals surface area contributed by atoms with Crippen LogP contribution in [0.25, 0.3) is 0 Å². The molecule has 0 aliphatic carbocycles. The first-order chi connectivity index (χ1) is 14.0. The van der Waals surface area contributed by atoms with Gasteiger partial charge in [0.25, 0.3) is 0 Å². The summed E-state index contributed by atoms with van der Waals surface area (Å²) in [5.41, 5.74) is 2.10. The van der Waals surface area contributed by atoms with Crippen molar-refractivity contribution in [1.29, 1.82) is 0 Å². The molecule has 0 radical (unpaired) electrons. The summed E-state index contributed by atoms with van der Waals surface area (Å²) in [5.74, 6) is -0.491. The minimum absolute atomic E-state index is 0.187. The maximum atomic E-state index is 13.0. The molecule has 1 saturated heterocycles. The molecule has 4 amide bonds. The molecule has 7 heteroatoms. The van der Waals surface area contributed by atoms with E-state index < -0.39 is 6.04 Å². The molecule has 1 unspecified atom stereocenters. The predicted octanol–water partition coefficient (Wildman–Crippen LogP) is 3.00. The lowest BCUT2D eigenvalue weighted by Crippen LogP contribution is -2.49. The van der Waals surface area contributed by atoms with Crippen molar-refractivity contribution in [3.05, 3.63) is 60.2 Å². The van der Waals surface area contributed by atoms with Gasteiger partial charge in [0.05, 0.1) is 0 Å². The van der Waals surface area contributed by atoms with Crippen LogP contribution in [0.1, 0.15) is 25.3 Å². The quantitative estimate of drug-likeness (QED) is 0.703. The van der Waals surface area contributed by atoms with Gasteiger partial charge in [0.15, 0.2) is 0 Å². The van der Waals surface area contributed by atoms with Crippen LogP contribution in [0.15, 0.2) is 54.6 Å². The molecule has 3 N–H and O–H groups in total. The second-order valence-electron chi connectivity index (χ2n) is 7.14. The zero-order chi connectivity index (χ0) is 20.6. The van der Waals surface area contributed by atoms with Gasteiger partial charge in [0.1, 0.15) is 6.04 Å². The smallest absolute Gasteiger partial charge is 0.318 e. The van der Waals surface area contributed by atoms with E-state index in [1.807, 2.05) is 30.3 Å². The second-order valence-corrected chi connectivity index (χ2v) is 7.14. The highest BCUT2D eigenvalue weighted by Crippen LogP contribution is 2.16. The molecule has 29 heavy (non-hydrogen) atoms. The topological polar surface area (TPSA) is 90.5 Å². The lowest BCUT2D eigenvalue weighted by atomic mass is 10.1. The number of nitrogens with zero attached hydrogens (tertiary/aromatic N) is 1. The van der Waals surface area contributed by atoms with E-state index in [9.17, 15) is 14.4 Å². The van der Waals surface area contributed by atoms with Crippen LogP contribution in [0.5, 0.6) is 0 Å². The van der Waals surface area contributed by atoms with Gasteiger partial charge >= 0.3 is 6.03 Å². The Hall–Kier alpha value is -3.35. The summed E-state index contributed by atoms with van der Waals surface area (Å²) in [4.78, 5) is 38.5. The molecule has 152 valence electrons. The van der Waals surface area contributed by atoms with Crippen molar-refractivity contribution in [2.45, 2.75) is 32.2 Å². The van der Waals surface area contributed by atoms with E-state index in [0.717, 1.165) is 18.4 Å². The number of anilines is 2. The van der Waals surface area contributed by atoms with Crippen LogP contribution >= 0.6 is 0 Å². The average Bonchev–Trinajstić information content (AvgIpc) is 3.23. The molecule has 0 spiro atoms. The summed E-state index contributed by atoms with van der Waals surface area (Å²) in [6, 6.07) is 15.6. The number of urea groups is 1. The molecular formula is C22H26N4O3. The maximum Gasteiger partial charge on any atom is 0.318 e. The standard InChI is InChI=1S/C22H26N4O3/c1-16(27)23-18-10-7-11-19(15-18)24-21(28)20(14-17-8-3-2-4-9-17)25-22(29)26-12-5-6-13-26/h2-4,7-11,15,20H,5-6,12-14H2,1H3,(H,23,27)(H,24,28)(H,25,29). The minimum Gasteiger partial charge on any atom is -0.326 e. The Labute approximate surface area is 170 Å². The summed E-state index contributed by atoms with van der Waals surface area (Å²) in [7, 11) is 0. The van der Waals surface area contributed by atoms with E-state index in [4.69, 9.17) is 0 Å². The van der Waals surface area contributed by atoms with Crippen molar-refractivity contribution < 1.29 is 14.4 Å². The van der Waals surface area contributed by atoms with Gasteiger partial charge in [-0.2, -0.15) is 0 Å². The van der Waals surface area contributed by atoms with Gasteiger partial charge in [-0.05, 0) is 36.6 Å². The predicted molar refractivity (Wildman–Crippen MR) is 113 cm³/mol. The van der Waals surface area contributed by atoms with E-state index in [0.29, 0.717) is 30.9 Å². The fourth-order valence-corrected chi connectivity index (χ4v) is 3.33. The number of rotatable bonds is 6. The van der Waals surface area contributed by atoms with Crippen molar-refractivity contribution >= 4 is 29.2 Å². The Balaban J connectivity index is 1.72. The van der Waals surface area contributed by atoms with E-state index >= 15 is 0 Å². The highest BCUT2D eigenvalue weighted by Gasteiger charge is 2.25. The number of carbonyl (C=O) groups excluding carboxylic acids is 3. The third kappa shape index (κ3) is 6.07. The number of amides is 4. The number of hydrogen-bond donors (Lipinski definition) is 3. The van der Waals surface area contributed by atoms with Crippen molar-refractivity contribution in [2.75, 3.05) is 23.7 Å². The maximum absolute atomic E-state index is 13.0. The van der Waals surface area contributed by atoms with Gasteiger partial charge in [-0.3, -0.25) is 9.59 Å². The van der Waals surface area contributed by atoms with Crippen LogP contribution in [0.3, 0.4) is 0 Å². The monoisotopic (exact) mass is 394 g/mol. The summed E-state index contributed by atoms with van der Waals surface area (Å²) in [6.45, 7) is 2.85. The van der Waals surface area contributed by atoms with Gasteiger partial charge in [-0.25, -0.2) is 4.79 Å². The Bertz CT molecular complexity index is 863. The van der Waals surface area contributed by atoms with Crippen LogP contribution in [-0.2, 0) is 16.0 Å². The molecule has 7 nitrogen and oxygen atoms in total. The van der Waals surface area contributed by atoms with Crippen LogP contribution in [0.2, 0.25) is 0 Å². The lowest BCUT2D eigenvalue weighted by molar-refractivity contribution is -0.118. The summed E-state index contributed by atoms with van der Waals surface area (Å²) in [5, 5.41) is 8.42. The molecular weight excluding hydrogens is 368 g/mol. The van der Waals surface area contributed by atoms with Crippen molar-refractivity contribution in [3.63, 3.8) is 0 Å². The average molecular weight is 394 g/mol. The molecule has 0 bridgehead atoms. The summed E-state index contributed by atoms with van der Waals surface area (Å²) < 4.78 is 0. The number of carbonyl (C=O) groups is 3. The molecule has 1 aliphatic rings. The Kier molecular flexibility index (Phi) is 6.84. The molecule has 0 aromatic heterocycles. The number of nitrogens with one attached hydrogen (secondary N) is 3. The second kappa shape index (κ2) is 9.73. The Morgan fingerprint density at radius 1 is 0.931 bits per heavy atom. The van der Waals surface area contributed by atoms with E-state index in [1.165, 1.54) is 6.92 Å². The molecule has 2 aromatic rings. The van der Waals surface area contributed by atoms with Crippen LogP contribution in [0.4, 0.5) is 16.2 Å². The molecule has 3 rings (SSSR count). The molecule has 1 aliphatic heterocycles. The third-order valence-corrected chi connectivity index (χ3v) is 4.74. The molecule has 1 fully saturated rings. The zero-order valence-electron chi connectivity index (χ0n) is 16.5. The fourth-order valence-electron chi connectivity index (χ4n) is 3.33. The third-order valence-electron chi connectivity index (χ3n) is 4.74. The number of likely N-dealkylation sites (tertiary alicyclic amines) is 1. The van der Waals surface area contributed by atoms with Crippen molar-refractivity contribution in [2.24, 2.45) is 0 Å². The number of benzene rings is 2. The van der Waals surface area contributed by atoms with Crippen molar-refractivity contribution in [3.8, 4) is 0 Å². The van der Waals surface area contributed by atoms with Gasteiger partial charge in [-0.1, -0.05) is 36.4 Å². The van der Waals surface area contributed by atoms with Gasteiger partial charge in [0.2, 0.25) is 11.8 Å². The largest absolute Gasteiger partial charge is 0.326 e. The van der Waals surface area contributed by atoms with Crippen LogP contribution in [-0.4, -0.2) is 41.9 Å². The molecule has 1 heterocycles. The molecule has 1 atom stereocenters. The fraction of sp³-hybridized carbons (Fsp3) is 0.318. The van der Waals surface area contributed by atoms with E-state index in [-0.39, 0.29) is 17.8 Å². The summed E-state index contributed by atoms with van der Waals surface area (Å²) in [6.07, 6.45) is 2.36. The van der Waals surface area contributed by atoms with E-state index in [2.05, 4.69) is 16.0 Å². The van der Waals surface area contributed by atoms with Gasteiger partial charge < -0.3 is 20.9 Å². The minimum atomic E-state index is -0.713. The van der Waals surface area contributed by atoms with Gasteiger partial charge in [0, 0.05) is 37.8 Å². The Morgan fingerprint density at radius 2 is 1.59 bits per heavy atom. The van der Waals surface area contributed by atoms with Crippen LogP contribution < -0.4 is 16.0 Å². The SMILES string of the molecule is CC(=O)Nc1cccc(NC(=O)C(Cc2ccccc2)NC(=O)N2CCCC2)c1. The zero-order valence-corrected chi connectivity index (χ0v) is 16.5. The van der Waals surface area contributed by atoms with Gasteiger partial charge in [-0.15, -0.1) is 0 Å². The first-order valence-corrected chi connectivity index (χ1v) is 9.79. The normalized spacial score (nSPS) is 14.2.